The molecule has 6 nitrogen and oxygen atoms in total. The third kappa shape index (κ3) is 4.15. The fraction of sp³-hybridized carbons (Fsp3) is 0.318. The number of rotatable bonds is 6. The van der Waals surface area contributed by atoms with Crippen molar-refractivity contribution < 1.29 is 4.74 Å². The topological polar surface area (TPSA) is 65.3 Å². The van der Waals surface area contributed by atoms with Crippen molar-refractivity contribution in [1.82, 2.24) is 14.9 Å². The molecule has 2 aromatic carbocycles. The second kappa shape index (κ2) is 9.05. The maximum atomic E-state index is 9.55. The highest BCUT2D eigenvalue weighted by atomic mass is 35.5. The van der Waals surface area contributed by atoms with Gasteiger partial charge in [-0.25, -0.2) is 9.97 Å². The van der Waals surface area contributed by atoms with Gasteiger partial charge in [0.05, 0.1) is 28.9 Å². The SMILES string of the molecule is COc1cc(C)c(Cl)c(-c2ccc(C#N)c3ncc(N(C)CCN(C)C)nc23)c1Cl. The van der Waals surface area contributed by atoms with Gasteiger partial charge in [0, 0.05) is 31.3 Å². The zero-order valence-electron chi connectivity index (χ0n) is 17.6. The molecule has 0 fully saturated rings. The maximum absolute atomic E-state index is 9.55. The molecular formula is C22H23Cl2N5O. The van der Waals surface area contributed by atoms with E-state index in [1.54, 1.807) is 25.4 Å². The average Bonchev–Trinajstić information content (AvgIpc) is 2.74. The largest absolute Gasteiger partial charge is 0.495 e. The van der Waals surface area contributed by atoms with Gasteiger partial charge in [0.2, 0.25) is 0 Å². The number of nitriles is 1. The summed E-state index contributed by atoms with van der Waals surface area (Å²) in [5.41, 5.74) is 3.67. The number of aryl methyl sites for hydroxylation is 1. The van der Waals surface area contributed by atoms with Gasteiger partial charge in [-0.05, 0) is 38.7 Å². The van der Waals surface area contributed by atoms with Crippen LogP contribution in [0, 0.1) is 18.3 Å². The molecule has 3 aromatic rings. The first kappa shape index (κ1) is 22.1. The van der Waals surface area contributed by atoms with Crippen molar-refractivity contribution in [2.75, 3.05) is 46.2 Å². The van der Waals surface area contributed by atoms with Crippen LogP contribution in [0.2, 0.25) is 10.0 Å². The lowest BCUT2D eigenvalue weighted by molar-refractivity contribution is 0.415. The molecule has 30 heavy (non-hydrogen) atoms. The molecule has 1 aromatic heterocycles. The van der Waals surface area contributed by atoms with E-state index >= 15 is 0 Å². The first-order chi connectivity index (χ1) is 14.3. The van der Waals surface area contributed by atoms with Gasteiger partial charge in [-0.2, -0.15) is 5.26 Å². The Hall–Kier alpha value is -2.59. The van der Waals surface area contributed by atoms with E-state index in [9.17, 15) is 5.26 Å². The number of nitrogens with zero attached hydrogens (tertiary/aromatic N) is 5. The number of aromatic nitrogens is 2. The second-order valence-corrected chi connectivity index (χ2v) is 8.08. The van der Waals surface area contributed by atoms with Gasteiger partial charge in [-0.15, -0.1) is 0 Å². The zero-order valence-corrected chi connectivity index (χ0v) is 19.1. The molecule has 0 radical (unpaired) electrons. The van der Waals surface area contributed by atoms with Crippen molar-refractivity contribution in [2.24, 2.45) is 0 Å². The molecule has 0 saturated carbocycles. The van der Waals surface area contributed by atoms with E-state index in [2.05, 4.69) is 16.0 Å². The standard InChI is InChI=1S/C22H23Cl2N5O/c1-13-10-16(30-5)20(24)18(19(13)23)15-7-6-14(11-25)21-22(15)27-17(12-26-21)29(4)9-8-28(2)3/h6-7,10,12H,8-9H2,1-5H3. The van der Waals surface area contributed by atoms with E-state index in [4.69, 9.17) is 32.9 Å². The highest BCUT2D eigenvalue weighted by molar-refractivity contribution is 6.41. The van der Waals surface area contributed by atoms with Gasteiger partial charge in [0.1, 0.15) is 28.7 Å². The smallest absolute Gasteiger partial charge is 0.147 e. The normalized spacial score (nSPS) is 11.0. The number of fused-ring (bicyclic) bond motifs is 1. The number of hydrogen-bond acceptors (Lipinski definition) is 6. The third-order valence-corrected chi connectivity index (χ3v) is 5.78. The minimum absolute atomic E-state index is 0.396. The summed E-state index contributed by atoms with van der Waals surface area (Å²) in [5, 5.41) is 10.5. The molecule has 0 spiro atoms. The summed E-state index contributed by atoms with van der Waals surface area (Å²) in [6, 6.07) is 7.51. The van der Waals surface area contributed by atoms with Gasteiger partial charge >= 0.3 is 0 Å². The molecule has 0 aliphatic rings. The number of benzene rings is 2. The van der Waals surface area contributed by atoms with E-state index in [0.29, 0.717) is 49.3 Å². The molecular weight excluding hydrogens is 421 g/mol. The van der Waals surface area contributed by atoms with Crippen LogP contribution in [0.5, 0.6) is 5.75 Å². The zero-order chi connectivity index (χ0) is 22.0. The Kier molecular flexibility index (Phi) is 6.67. The van der Waals surface area contributed by atoms with Gasteiger partial charge in [0.25, 0.3) is 0 Å². The van der Waals surface area contributed by atoms with Crippen molar-refractivity contribution >= 4 is 40.1 Å². The van der Waals surface area contributed by atoms with Crippen LogP contribution in [0.1, 0.15) is 11.1 Å². The minimum atomic E-state index is 0.396. The van der Waals surface area contributed by atoms with Crippen LogP contribution in [-0.4, -0.2) is 56.2 Å². The maximum Gasteiger partial charge on any atom is 0.147 e. The summed E-state index contributed by atoms with van der Waals surface area (Å²) >= 11 is 13.3. The van der Waals surface area contributed by atoms with Gasteiger partial charge in [-0.3, -0.25) is 0 Å². The van der Waals surface area contributed by atoms with E-state index in [-0.39, 0.29) is 0 Å². The monoisotopic (exact) mass is 443 g/mol. The molecule has 0 bridgehead atoms. The number of anilines is 1. The fourth-order valence-corrected chi connectivity index (χ4v) is 3.78. The summed E-state index contributed by atoms with van der Waals surface area (Å²) in [7, 11) is 7.56. The fourth-order valence-electron chi connectivity index (χ4n) is 3.15. The molecule has 0 unspecified atom stereocenters. The first-order valence-corrected chi connectivity index (χ1v) is 10.1. The van der Waals surface area contributed by atoms with Crippen molar-refractivity contribution in [3.63, 3.8) is 0 Å². The Morgan fingerprint density at radius 2 is 1.83 bits per heavy atom. The predicted molar refractivity (Wildman–Crippen MR) is 123 cm³/mol. The lowest BCUT2D eigenvalue weighted by Crippen LogP contribution is -2.29. The quantitative estimate of drug-likeness (QED) is 0.545. The number of methoxy groups -OCH3 is 1. The van der Waals surface area contributed by atoms with Crippen LogP contribution >= 0.6 is 23.2 Å². The van der Waals surface area contributed by atoms with Crippen molar-refractivity contribution in [1.29, 1.82) is 5.26 Å². The molecule has 1 heterocycles. The van der Waals surface area contributed by atoms with Crippen molar-refractivity contribution in [3.8, 4) is 22.9 Å². The Labute approximate surface area is 186 Å². The van der Waals surface area contributed by atoms with Crippen LogP contribution < -0.4 is 9.64 Å². The molecule has 0 saturated heterocycles. The molecule has 0 atom stereocenters. The second-order valence-electron chi connectivity index (χ2n) is 7.32. The number of hydrogen-bond donors (Lipinski definition) is 0. The third-order valence-electron chi connectivity index (χ3n) is 4.92. The Morgan fingerprint density at radius 1 is 1.10 bits per heavy atom. The number of likely N-dealkylation sites (N-methyl/N-ethyl adjacent to an activating group) is 2. The van der Waals surface area contributed by atoms with Crippen LogP contribution in [0.4, 0.5) is 5.82 Å². The number of halogens is 2. The van der Waals surface area contributed by atoms with Crippen LogP contribution in [0.15, 0.2) is 24.4 Å². The minimum Gasteiger partial charge on any atom is -0.495 e. The molecule has 0 N–H and O–H groups in total. The van der Waals surface area contributed by atoms with Crippen LogP contribution in [-0.2, 0) is 0 Å². The molecule has 0 amide bonds. The summed E-state index contributed by atoms with van der Waals surface area (Å²) in [5.74, 6) is 1.23. The highest BCUT2D eigenvalue weighted by Gasteiger charge is 2.21. The summed E-state index contributed by atoms with van der Waals surface area (Å²) in [4.78, 5) is 13.5. The molecule has 8 heteroatoms. The lowest BCUT2D eigenvalue weighted by Gasteiger charge is -2.21. The highest BCUT2D eigenvalue weighted by Crippen LogP contribution is 2.44. The Bertz CT molecular complexity index is 1140. The van der Waals surface area contributed by atoms with E-state index in [1.165, 1.54) is 0 Å². The van der Waals surface area contributed by atoms with Gasteiger partial charge in [-0.1, -0.05) is 29.3 Å². The molecule has 0 aliphatic heterocycles. The summed E-state index contributed by atoms with van der Waals surface area (Å²) in [6.07, 6.45) is 1.68. The average molecular weight is 444 g/mol. The van der Waals surface area contributed by atoms with E-state index < -0.39 is 0 Å². The van der Waals surface area contributed by atoms with E-state index in [1.807, 2.05) is 39.0 Å². The Balaban J connectivity index is 2.27. The first-order valence-electron chi connectivity index (χ1n) is 9.37. The lowest BCUT2D eigenvalue weighted by atomic mass is 9.99. The van der Waals surface area contributed by atoms with E-state index in [0.717, 1.165) is 18.7 Å². The van der Waals surface area contributed by atoms with Gasteiger partial charge in [0.15, 0.2) is 0 Å². The molecule has 3 rings (SSSR count). The van der Waals surface area contributed by atoms with Crippen LogP contribution in [0.25, 0.3) is 22.2 Å². The molecule has 156 valence electrons. The van der Waals surface area contributed by atoms with Crippen molar-refractivity contribution in [3.05, 3.63) is 45.6 Å². The summed E-state index contributed by atoms with van der Waals surface area (Å²) in [6.45, 7) is 3.54. The predicted octanol–water partition coefficient (Wildman–Crippen LogP) is 4.79. The Morgan fingerprint density at radius 3 is 2.47 bits per heavy atom. The van der Waals surface area contributed by atoms with Crippen molar-refractivity contribution in [2.45, 2.75) is 6.92 Å². The van der Waals surface area contributed by atoms with Gasteiger partial charge < -0.3 is 14.5 Å². The summed E-state index contributed by atoms with van der Waals surface area (Å²) < 4.78 is 5.42. The number of ether oxygens (including phenoxy) is 1. The van der Waals surface area contributed by atoms with Crippen LogP contribution in [0.3, 0.4) is 0 Å². The molecule has 0 aliphatic carbocycles.